The molecule has 4 aliphatic carbocycles. The lowest BCUT2D eigenvalue weighted by atomic mass is 9.48. The Bertz CT molecular complexity index is 932. The molecule has 0 spiro atoms. The van der Waals surface area contributed by atoms with E-state index in [1.807, 2.05) is 12.1 Å². The molecule has 172 valence electrons. The first-order valence-corrected chi connectivity index (χ1v) is 11.4. The molecule has 0 amide bonds. The van der Waals surface area contributed by atoms with Crippen molar-refractivity contribution >= 4 is 17.6 Å². The van der Waals surface area contributed by atoms with E-state index in [2.05, 4.69) is 6.07 Å². The fourth-order valence-corrected chi connectivity index (χ4v) is 7.07. The van der Waals surface area contributed by atoms with Crippen LogP contribution in [-0.4, -0.2) is 46.6 Å². The van der Waals surface area contributed by atoms with E-state index in [9.17, 15) is 9.59 Å². The molecule has 1 aromatic rings. The molecule has 0 aromatic heterocycles. The van der Waals surface area contributed by atoms with Crippen molar-refractivity contribution < 1.29 is 28.5 Å². The number of nitrogens with zero attached hydrogens (tertiary/aromatic N) is 1. The van der Waals surface area contributed by atoms with Gasteiger partial charge in [0.2, 0.25) is 0 Å². The highest BCUT2D eigenvalue weighted by molar-refractivity contribution is 6.03. The number of methoxy groups -OCH3 is 3. The number of hydrogen-bond acceptors (Lipinski definition) is 7. The van der Waals surface area contributed by atoms with Gasteiger partial charge < -0.3 is 23.8 Å². The van der Waals surface area contributed by atoms with Crippen LogP contribution in [0, 0.1) is 17.8 Å². The third-order valence-corrected chi connectivity index (χ3v) is 7.94. The summed E-state index contributed by atoms with van der Waals surface area (Å²) in [4.78, 5) is 26.8. The molecule has 0 N–H and O–H groups in total. The van der Waals surface area contributed by atoms with Gasteiger partial charge in [0, 0.05) is 11.3 Å². The molecule has 7 heteroatoms. The summed E-state index contributed by atoms with van der Waals surface area (Å²) in [7, 11) is 4.33. The Balaban J connectivity index is 1.59. The molecule has 1 heterocycles. The van der Waals surface area contributed by atoms with Gasteiger partial charge in [-0.3, -0.25) is 0 Å². The average molecular weight is 442 g/mol. The Morgan fingerprint density at radius 1 is 0.969 bits per heavy atom. The Hall–Kier alpha value is -2.54. The number of rotatable bonds is 5. The Kier molecular flexibility index (Phi) is 5.40. The number of carbonyl (C=O) groups is 2. The molecule has 4 saturated carbocycles. The van der Waals surface area contributed by atoms with E-state index < -0.39 is 11.9 Å². The minimum atomic E-state index is -0.593. The summed E-state index contributed by atoms with van der Waals surface area (Å²) < 4.78 is 21.4. The van der Waals surface area contributed by atoms with E-state index in [1.165, 1.54) is 58.3 Å². The zero-order valence-corrected chi connectivity index (χ0v) is 19.0. The second-order valence-corrected chi connectivity index (χ2v) is 9.80. The summed E-state index contributed by atoms with van der Waals surface area (Å²) in [5.41, 5.74) is 2.46. The van der Waals surface area contributed by atoms with Crippen molar-refractivity contribution in [3.63, 3.8) is 0 Å². The highest BCUT2D eigenvalue weighted by atomic mass is 16.5. The first kappa shape index (κ1) is 21.3. The van der Waals surface area contributed by atoms with Crippen molar-refractivity contribution in [2.75, 3.05) is 39.6 Å². The average Bonchev–Trinajstić information content (AvgIpc) is 2.81. The number of anilines is 1. The summed E-state index contributed by atoms with van der Waals surface area (Å²) in [6.45, 7) is 0.156. The monoisotopic (exact) mass is 441 g/mol. The van der Waals surface area contributed by atoms with Crippen LogP contribution in [0.25, 0.3) is 0 Å². The van der Waals surface area contributed by atoms with Crippen LogP contribution in [0.1, 0.15) is 44.1 Å². The molecule has 0 saturated heterocycles. The first-order valence-electron chi connectivity index (χ1n) is 11.4. The van der Waals surface area contributed by atoms with Crippen LogP contribution >= 0.6 is 0 Å². The van der Waals surface area contributed by atoms with Gasteiger partial charge in [0.25, 0.3) is 0 Å². The molecule has 1 aliphatic heterocycles. The number of esters is 2. The minimum Gasteiger partial charge on any atom is -0.496 e. The van der Waals surface area contributed by atoms with Gasteiger partial charge in [-0.2, -0.15) is 0 Å². The minimum absolute atomic E-state index is 0.00555. The van der Waals surface area contributed by atoms with E-state index in [0.29, 0.717) is 0 Å². The van der Waals surface area contributed by atoms with E-state index in [1.54, 1.807) is 12.0 Å². The highest BCUT2D eigenvalue weighted by Gasteiger charge is 2.52. The maximum atomic E-state index is 12.7. The molecular formula is C25H31NO6. The summed E-state index contributed by atoms with van der Waals surface area (Å²) >= 11 is 0. The predicted octanol–water partition coefficient (Wildman–Crippen LogP) is 3.56. The van der Waals surface area contributed by atoms with E-state index in [4.69, 9.17) is 18.9 Å². The molecule has 32 heavy (non-hydrogen) atoms. The summed E-state index contributed by atoms with van der Waals surface area (Å²) in [6, 6.07) is 6.03. The number of hydrogen-bond donors (Lipinski definition) is 0. The molecule has 6 rings (SSSR count). The lowest BCUT2D eigenvalue weighted by Crippen LogP contribution is -2.48. The summed E-state index contributed by atoms with van der Waals surface area (Å²) in [6.07, 6.45) is 7.67. The van der Waals surface area contributed by atoms with Gasteiger partial charge in [-0.1, -0.05) is 0 Å². The number of ether oxygens (including phenoxy) is 4. The third-order valence-electron chi connectivity index (χ3n) is 7.94. The summed E-state index contributed by atoms with van der Waals surface area (Å²) in [5, 5.41) is 0. The quantitative estimate of drug-likeness (QED) is 0.647. The van der Waals surface area contributed by atoms with Gasteiger partial charge in [0.05, 0.1) is 33.5 Å². The zero-order valence-electron chi connectivity index (χ0n) is 19.0. The van der Waals surface area contributed by atoms with E-state index in [0.717, 1.165) is 29.2 Å². The van der Waals surface area contributed by atoms with E-state index >= 15 is 0 Å². The van der Waals surface area contributed by atoms with Crippen LogP contribution in [0.5, 0.6) is 5.75 Å². The van der Waals surface area contributed by atoms with E-state index in [-0.39, 0.29) is 30.0 Å². The molecule has 4 bridgehead atoms. The second kappa shape index (κ2) is 8.10. The standard InChI is InChI=1S/C25H31NO6/c1-29-21-5-4-18(26-14-32-13-19(23(27)30-2)22(26)24(28)31-3)9-20(21)25-10-15-6-16(11-25)8-17(7-15)12-25/h4-5,9,15-17H,6-8,10-14H2,1-3H3. The van der Waals surface area contributed by atoms with Gasteiger partial charge in [-0.15, -0.1) is 0 Å². The molecule has 0 unspecified atom stereocenters. The SMILES string of the molecule is COC(=O)C1=C(C(=O)OC)N(c2ccc(OC)c(C34CC5CC(CC(C5)C3)C4)c2)COC1. The zero-order chi connectivity index (χ0) is 22.5. The number of benzene rings is 1. The van der Waals surface area contributed by atoms with Crippen LogP contribution in [0.2, 0.25) is 0 Å². The molecule has 7 nitrogen and oxygen atoms in total. The highest BCUT2D eigenvalue weighted by Crippen LogP contribution is 2.62. The second-order valence-electron chi connectivity index (χ2n) is 9.80. The van der Waals surface area contributed by atoms with Gasteiger partial charge in [0.15, 0.2) is 0 Å². The van der Waals surface area contributed by atoms with Crippen molar-refractivity contribution in [1.29, 1.82) is 0 Å². The smallest absolute Gasteiger partial charge is 0.355 e. The molecule has 0 atom stereocenters. The van der Waals surface area contributed by atoms with Crippen LogP contribution in [0.15, 0.2) is 29.5 Å². The van der Waals surface area contributed by atoms with Crippen molar-refractivity contribution in [2.24, 2.45) is 17.8 Å². The lowest BCUT2D eigenvalue weighted by Gasteiger charge is -2.57. The van der Waals surface area contributed by atoms with Crippen molar-refractivity contribution in [1.82, 2.24) is 0 Å². The molecule has 1 aromatic carbocycles. The van der Waals surface area contributed by atoms with Crippen LogP contribution in [-0.2, 0) is 29.2 Å². The number of carbonyl (C=O) groups excluding carboxylic acids is 2. The molecular weight excluding hydrogens is 410 g/mol. The maximum Gasteiger partial charge on any atom is 0.355 e. The Morgan fingerprint density at radius 2 is 1.59 bits per heavy atom. The normalized spacial score (nSPS) is 31.0. The van der Waals surface area contributed by atoms with Crippen LogP contribution in [0.4, 0.5) is 5.69 Å². The molecule has 5 aliphatic rings. The maximum absolute atomic E-state index is 12.7. The molecule has 0 radical (unpaired) electrons. The largest absolute Gasteiger partial charge is 0.496 e. The topological polar surface area (TPSA) is 74.3 Å². The predicted molar refractivity (Wildman–Crippen MR) is 117 cm³/mol. The van der Waals surface area contributed by atoms with Gasteiger partial charge >= 0.3 is 11.9 Å². The fourth-order valence-electron chi connectivity index (χ4n) is 7.07. The van der Waals surface area contributed by atoms with Gasteiger partial charge in [0.1, 0.15) is 18.2 Å². The fraction of sp³-hybridized carbons (Fsp3) is 0.600. The van der Waals surface area contributed by atoms with Crippen molar-refractivity contribution in [2.45, 2.75) is 43.9 Å². The molecule has 4 fully saturated rings. The summed E-state index contributed by atoms with van der Waals surface area (Å²) in [5.74, 6) is 2.11. The Morgan fingerprint density at radius 3 is 2.16 bits per heavy atom. The van der Waals surface area contributed by atoms with Crippen LogP contribution < -0.4 is 9.64 Å². The van der Waals surface area contributed by atoms with Gasteiger partial charge in [-0.25, -0.2) is 9.59 Å². The first-order chi connectivity index (χ1) is 15.5. The Labute approximate surface area is 188 Å². The lowest BCUT2D eigenvalue weighted by molar-refractivity contribution is -0.140. The third kappa shape index (κ3) is 3.38. The van der Waals surface area contributed by atoms with Gasteiger partial charge in [-0.05, 0) is 79.9 Å². The van der Waals surface area contributed by atoms with Crippen molar-refractivity contribution in [3.8, 4) is 5.75 Å². The van der Waals surface area contributed by atoms with Crippen molar-refractivity contribution in [3.05, 3.63) is 35.0 Å². The van der Waals surface area contributed by atoms with Crippen LogP contribution in [0.3, 0.4) is 0 Å².